The number of rotatable bonds is 2. The first-order valence-electron chi connectivity index (χ1n) is 7.39. The predicted octanol–water partition coefficient (Wildman–Crippen LogP) is 0.693. The lowest BCUT2D eigenvalue weighted by molar-refractivity contribution is 0.587. The standard InChI is InChI=1S/C14H20N6O2/c1-6-7-19-12(21)10-11(17(4)14(19)22)15-13-18(5)16-8(2)9(3)20(10)13/h9H,6-7H2,1-5H3/t9-/m1/s1. The number of fused-ring (bicyclic) bond motifs is 3. The second-order valence-electron chi connectivity index (χ2n) is 5.69. The largest absolute Gasteiger partial charge is 0.332 e. The lowest BCUT2D eigenvalue weighted by atomic mass is 10.2. The van der Waals surface area contributed by atoms with Crippen LogP contribution in [0.3, 0.4) is 0 Å². The minimum atomic E-state index is -0.331. The smallest absolute Gasteiger partial charge is 0.294 e. The molecule has 0 fully saturated rings. The zero-order chi connectivity index (χ0) is 16.2. The zero-order valence-corrected chi connectivity index (χ0v) is 13.5. The van der Waals surface area contributed by atoms with Crippen molar-refractivity contribution in [2.45, 2.75) is 39.8 Å². The highest BCUT2D eigenvalue weighted by Gasteiger charge is 2.28. The number of imidazole rings is 1. The SMILES string of the molecule is CCCn1c(=O)c2c(nc3n2[C@H](C)C(C)=NN3C)n(C)c1=O. The Bertz CT molecular complexity index is 901. The highest BCUT2D eigenvalue weighted by Crippen LogP contribution is 2.28. The van der Waals surface area contributed by atoms with Crippen molar-refractivity contribution in [1.82, 2.24) is 18.7 Å². The Hall–Kier alpha value is -2.38. The molecule has 1 aliphatic rings. The van der Waals surface area contributed by atoms with E-state index in [9.17, 15) is 9.59 Å². The van der Waals surface area contributed by atoms with Crippen LogP contribution in [0.2, 0.25) is 0 Å². The predicted molar refractivity (Wildman–Crippen MR) is 85.7 cm³/mol. The summed E-state index contributed by atoms with van der Waals surface area (Å²) in [5, 5.41) is 6.05. The van der Waals surface area contributed by atoms with Gasteiger partial charge < -0.3 is 0 Å². The Morgan fingerprint density at radius 3 is 2.55 bits per heavy atom. The Kier molecular flexibility index (Phi) is 3.19. The first-order valence-corrected chi connectivity index (χ1v) is 7.39. The van der Waals surface area contributed by atoms with Crippen LogP contribution in [0.4, 0.5) is 5.95 Å². The van der Waals surface area contributed by atoms with Crippen molar-refractivity contribution < 1.29 is 0 Å². The Morgan fingerprint density at radius 2 is 1.91 bits per heavy atom. The first kappa shape index (κ1) is 14.6. The molecule has 1 atom stereocenters. The summed E-state index contributed by atoms with van der Waals surface area (Å²) in [6, 6.07) is -0.0727. The van der Waals surface area contributed by atoms with Crippen LogP contribution in [0.15, 0.2) is 14.7 Å². The van der Waals surface area contributed by atoms with E-state index in [2.05, 4.69) is 10.1 Å². The van der Waals surface area contributed by atoms with Gasteiger partial charge in [0.25, 0.3) is 5.56 Å². The van der Waals surface area contributed by atoms with Crippen molar-refractivity contribution in [3.05, 3.63) is 20.8 Å². The number of anilines is 1. The second-order valence-corrected chi connectivity index (χ2v) is 5.69. The molecule has 8 heteroatoms. The molecule has 0 radical (unpaired) electrons. The topological polar surface area (TPSA) is 77.4 Å². The number of aromatic nitrogens is 4. The molecule has 0 unspecified atom stereocenters. The molecule has 1 aliphatic heterocycles. The van der Waals surface area contributed by atoms with Crippen molar-refractivity contribution in [3.63, 3.8) is 0 Å². The molecule has 2 aromatic heterocycles. The third-order valence-corrected chi connectivity index (χ3v) is 4.19. The van der Waals surface area contributed by atoms with E-state index in [1.807, 2.05) is 25.3 Å². The van der Waals surface area contributed by atoms with Crippen LogP contribution < -0.4 is 16.3 Å². The van der Waals surface area contributed by atoms with E-state index >= 15 is 0 Å². The fourth-order valence-electron chi connectivity index (χ4n) is 2.90. The molecule has 118 valence electrons. The van der Waals surface area contributed by atoms with E-state index in [0.717, 1.165) is 12.1 Å². The van der Waals surface area contributed by atoms with Crippen molar-refractivity contribution in [2.24, 2.45) is 12.1 Å². The molecule has 0 aliphatic carbocycles. The highest BCUT2D eigenvalue weighted by molar-refractivity contribution is 5.90. The van der Waals surface area contributed by atoms with Crippen LogP contribution in [0.25, 0.3) is 11.2 Å². The van der Waals surface area contributed by atoms with Crippen molar-refractivity contribution in [1.29, 1.82) is 0 Å². The van der Waals surface area contributed by atoms with E-state index in [-0.39, 0.29) is 17.3 Å². The second kappa shape index (κ2) is 4.82. The van der Waals surface area contributed by atoms with Gasteiger partial charge in [0, 0.05) is 20.6 Å². The number of nitrogens with zero attached hydrogens (tertiary/aromatic N) is 6. The molecule has 0 spiro atoms. The summed E-state index contributed by atoms with van der Waals surface area (Å²) in [6.07, 6.45) is 0.720. The van der Waals surface area contributed by atoms with Gasteiger partial charge in [0.15, 0.2) is 11.2 Å². The van der Waals surface area contributed by atoms with E-state index in [1.165, 1.54) is 9.13 Å². The quantitative estimate of drug-likeness (QED) is 0.818. The summed E-state index contributed by atoms with van der Waals surface area (Å²) in [6.45, 7) is 6.24. The molecule has 3 rings (SSSR count). The van der Waals surface area contributed by atoms with Crippen molar-refractivity contribution >= 4 is 22.8 Å². The van der Waals surface area contributed by atoms with Crippen LogP contribution in [-0.2, 0) is 13.6 Å². The van der Waals surface area contributed by atoms with Crippen LogP contribution in [0.1, 0.15) is 33.2 Å². The maximum atomic E-state index is 12.8. The number of hydrogen-bond acceptors (Lipinski definition) is 5. The molecule has 0 amide bonds. The molecular formula is C14H20N6O2. The fraction of sp³-hybridized carbons (Fsp3) is 0.571. The van der Waals surface area contributed by atoms with Crippen LogP contribution in [-0.4, -0.2) is 31.4 Å². The normalized spacial score (nSPS) is 17.8. The molecule has 0 aromatic carbocycles. The average molecular weight is 304 g/mol. The summed E-state index contributed by atoms with van der Waals surface area (Å²) >= 11 is 0. The Balaban J connectivity index is 2.47. The van der Waals surface area contributed by atoms with Gasteiger partial charge in [0.1, 0.15) is 0 Å². The lowest BCUT2D eigenvalue weighted by Gasteiger charge is -2.26. The third-order valence-electron chi connectivity index (χ3n) is 4.19. The third kappa shape index (κ3) is 1.76. The van der Waals surface area contributed by atoms with E-state index < -0.39 is 0 Å². The van der Waals surface area contributed by atoms with Gasteiger partial charge in [-0.15, -0.1) is 0 Å². The summed E-state index contributed by atoms with van der Waals surface area (Å²) in [5.74, 6) is 0.578. The summed E-state index contributed by atoms with van der Waals surface area (Å²) in [7, 11) is 3.43. The van der Waals surface area contributed by atoms with Crippen LogP contribution in [0, 0.1) is 0 Å². The Morgan fingerprint density at radius 1 is 1.23 bits per heavy atom. The summed E-state index contributed by atoms with van der Waals surface area (Å²) in [4.78, 5) is 29.7. The van der Waals surface area contributed by atoms with Gasteiger partial charge in [-0.05, 0) is 20.3 Å². The van der Waals surface area contributed by atoms with E-state index in [4.69, 9.17) is 0 Å². The molecule has 2 aromatic rings. The van der Waals surface area contributed by atoms with E-state index in [0.29, 0.717) is 23.7 Å². The van der Waals surface area contributed by atoms with Crippen molar-refractivity contribution in [3.8, 4) is 0 Å². The first-order chi connectivity index (χ1) is 10.4. The fourth-order valence-corrected chi connectivity index (χ4v) is 2.90. The monoisotopic (exact) mass is 304 g/mol. The molecule has 0 saturated heterocycles. The lowest BCUT2D eigenvalue weighted by Crippen LogP contribution is -2.40. The van der Waals surface area contributed by atoms with Gasteiger partial charge in [-0.2, -0.15) is 10.1 Å². The summed E-state index contributed by atoms with van der Waals surface area (Å²) in [5.41, 5.74) is 1.14. The number of hydrogen-bond donors (Lipinski definition) is 0. The van der Waals surface area contributed by atoms with Gasteiger partial charge in [-0.1, -0.05) is 6.92 Å². The van der Waals surface area contributed by atoms with Gasteiger partial charge in [0.05, 0.1) is 11.8 Å². The van der Waals surface area contributed by atoms with Crippen molar-refractivity contribution in [2.75, 3.05) is 12.1 Å². The Labute approximate surface area is 127 Å². The van der Waals surface area contributed by atoms with Gasteiger partial charge in [-0.3, -0.25) is 18.5 Å². The molecule has 0 N–H and O–H groups in total. The average Bonchev–Trinajstić information content (AvgIpc) is 2.88. The molecule has 8 nitrogen and oxygen atoms in total. The minimum Gasteiger partial charge on any atom is -0.294 e. The molecule has 3 heterocycles. The van der Waals surface area contributed by atoms with Gasteiger partial charge in [0.2, 0.25) is 5.95 Å². The molecular weight excluding hydrogens is 284 g/mol. The number of aryl methyl sites for hydroxylation is 1. The highest BCUT2D eigenvalue weighted by atomic mass is 16.2. The van der Waals surface area contributed by atoms with E-state index in [1.54, 1.807) is 19.1 Å². The zero-order valence-electron chi connectivity index (χ0n) is 13.5. The number of hydrazone groups is 1. The van der Waals surface area contributed by atoms with Crippen LogP contribution in [0.5, 0.6) is 0 Å². The minimum absolute atomic E-state index is 0.0727. The van der Waals surface area contributed by atoms with Gasteiger partial charge >= 0.3 is 5.69 Å². The van der Waals surface area contributed by atoms with Crippen LogP contribution >= 0.6 is 0 Å². The van der Waals surface area contributed by atoms with Gasteiger partial charge in [-0.25, -0.2) is 9.80 Å². The molecule has 22 heavy (non-hydrogen) atoms. The maximum Gasteiger partial charge on any atom is 0.332 e. The molecule has 0 bridgehead atoms. The maximum absolute atomic E-state index is 12.8. The molecule has 0 saturated carbocycles. The summed E-state index contributed by atoms with van der Waals surface area (Å²) < 4.78 is 4.59.